The van der Waals surface area contributed by atoms with Gasteiger partial charge in [-0.2, -0.15) is 11.8 Å². The van der Waals surface area contributed by atoms with Crippen molar-refractivity contribution in [2.45, 2.75) is 18.7 Å². The van der Waals surface area contributed by atoms with Crippen LogP contribution in [0.15, 0.2) is 24.3 Å². The molecule has 1 atom stereocenters. The Hall–Kier alpha value is -1.00. The fourth-order valence-corrected chi connectivity index (χ4v) is 3.17. The Morgan fingerprint density at radius 2 is 2.24 bits per heavy atom. The second-order valence-electron chi connectivity index (χ2n) is 4.20. The summed E-state index contributed by atoms with van der Waals surface area (Å²) in [6, 6.07) is 9.00. The molecule has 1 amide bonds. The van der Waals surface area contributed by atoms with E-state index in [0.29, 0.717) is 12.6 Å². The van der Waals surface area contributed by atoms with E-state index >= 15 is 0 Å². The van der Waals surface area contributed by atoms with Gasteiger partial charge in [0, 0.05) is 37.6 Å². The van der Waals surface area contributed by atoms with Crippen molar-refractivity contribution in [3.05, 3.63) is 35.4 Å². The van der Waals surface area contributed by atoms with Gasteiger partial charge in [-0.25, -0.2) is 0 Å². The minimum Gasteiger partial charge on any atom is -0.355 e. The molecule has 2 rings (SSSR count). The van der Waals surface area contributed by atoms with Crippen molar-refractivity contribution in [1.29, 1.82) is 0 Å². The summed E-state index contributed by atoms with van der Waals surface area (Å²) in [4.78, 5) is 10.8. The molecular weight excluding hydrogens is 232 g/mol. The second kappa shape index (κ2) is 6.07. The number of hydrogen-bond acceptors (Lipinski definition) is 3. The Balaban J connectivity index is 1.88. The number of benzene rings is 1. The standard InChI is InChI=1S/C13H18N2OS/c1-10(16)14-6-7-15-13-9-17-8-11-4-2-3-5-12(11)13/h2-5,13,15H,6-9H2,1H3,(H,14,16). The molecule has 1 aromatic rings. The molecule has 17 heavy (non-hydrogen) atoms. The van der Waals surface area contributed by atoms with Crippen LogP contribution in [0.2, 0.25) is 0 Å². The van der Waals surface area contributed by atoms with Gasteiger partial charge in [0.25, 0.3) is 0 Å². The second-order valence-corrected chi connectivity index (χ2v) is 5.23. The first-order valence-electron chi connectivity index (χ1n) is 5.91. The summed E-state index contributed by atoms with van der Waals surface area (Å²) in [5.74, 6) is 2.25. The predicted octanol–water partition coefficient (Wildman–Crippen LogP) is 1.70. The van der Waals surface area contributed by atoms with E-state index in [1.54, 1.807) is 6.92 Å². The van der Waals surface area contributed by atoms with Gasteiger partial charge >= 0.3 is 0 Å². The fraction of sp³-hybridized carbons (Fsp3) is 0.462. The van der Waals surface area contributed by atoms with E-state index < -0.39 is 0 Å². The predicted molar refractivity (Wildman–Crippen MR) is 72.0 cm³/mol. The Morgan fingerprint density at radius 1 is 1.41 bits per heavy atom. The summed E-state index contributed by atoms with van der Waals surface area (Å²) in [5.41, 5.74) is 2.84. The zero-order valence-electron chi connectivity index (χ0n) is 10.0. The Bertz CT molecular complexity index is 395. The maximum absolute atomic E-state index is 10.8. The van der Waals surface area contributed by atoms with Gasteiger partial charge in [0.1, 0.15) is 0 Å². The van der Waals surface area contributed by atoms with Crippen LogP contribution in [-0.4, -0.2) is 24.7 Å². The number of rotatable bonds is 4. The molecule has 92 valence electrons. The zero-order chi connectivity index (χ0) is 12.1. The van der Waals surface area contributed by atoms with E-state index in [-0.39, 0.29) is 5.91 Å². The molecule has 0 saturated carbocycles. The van der Waals surface area contributed by atoms with Crippen molar-refractivity contribution < 1.29 is 4.79 Å². The summed E-state index contributed by atoms with van der Waals surface area (Å²) in [6.45, 7) is 3.06. The third-order valence-corrected chi connectivity index (χ3v) is 3.95. The first-order valence-corrected chi connectivity index (χ1v) is 7.06. The molecule has 0 radical (unpaired) electrons. The van der Waals surface area contributed by atoms with Crippen molar-refractivity contribution in [3.8, 4) is 0 Å². The highest BCUT2D eigenvalue weighted by molar-refractivity contribution is 7.98. The van der Waals surface area contributed by atoms with E-state index in [1.807, 2.05) is 11.8 Å². The normalized spacial score (nSPS) is 18.5. The number of carbonyl (C=O) groups is 1. The Labute approximate surface area is 106 Å². The van der Waals surface area contributed by atoms with Crippen LogP contribution in [0.4, 0.5) is 0 Å². The van der Waals surface area contributed by atoms with E-state index in [9.17, 15) is 4.79 Å². The van der Waals surface area contributed by atoms with Gasteiger partial charge in [0.15, 0.2) is 0 Å². The SMILES string of the molecule is CC(=O)NCCNC1CSCc2ccccc21. The topological polar surface area (TPSA) is 41.1 Å². The number of hydrogen-bond donors (Lipinski definition) is 2. The van der Waals surface area contributed by atoms with Crippen LogP contribution in [-0.2, 0) is 10.5 Å². The fourth-order valence-electron chi connectivity index (χ4n) is 2.04. The van der Waals surface area contributed by atoms with Crippen LogP contribution in [0.5, 0.6) is 0 Å². The maximum Gasteiger partial charge on any atom is 0.216 e. The minimum atomic E-state index is 0.0326. The number of fused-ring (bicyclic) bond motifs is 1. The summed E-state index contributed by atoms with van der Waals surface area (Å²) < 4.78 is 0. The first-order chi connectivity index (χ1) is 8.27. The molecule has 1 aliphatic heterocycles. The van der Waals surface area contributed by atoms with Crippen molar-refractivity contribution in [1.82, 2.24) is 10.6 Å². The third-order valence-electron chi connectivity index (χ3n) is 2.86. The highest BCUT2D eigenvalue weighted by Gasteiger charge is 2.18. The highest BCUT2D eigenvalue weighted by Crippen LogP contribution is 2.31. The summed E-state index contributed by atoms with van der Waals surface area (Å²) in [7, 11) is 0. The van der Waals surface area contributed by atoms with Gasteiger partial charge in [-0.1, -0.05) is 24.3 Å². The lowest BCUT2D eigenvalue weighted by Gasteiger charge is -2.26. The highest BCUT2D eigenvalue weighted by atomic mass is 32.2. The Morgan fingerprint density at radius 3 is 3.06 bits per heavy atom. The molecule has 2 N–H and O–H groups in total. The number of nitrogens with one attached hydrogen (secondary N) is 2. The molecule has 0 aliphatic carbocycles. The van der Waals surface area contributed by atoms with Crippen molar-refractivity contribution in [3.63, 3.8) is 0 Å². The minimum absolute atomic E-state index is 0.0326. The molecular formula is C13H18N2OS. The molecule has 0 fully saturated rings. The van der Waals surface area contributed by atoms with Gasteiger partial charge in [0.2, 0.25) is 5.91 Å². The van der Waals surface area contributed by atoms with Crippen molar-refractivity contribution in [2.75, 3.05) is 18.8 Å². The smallest absolute Gasteiger partial charge is 0.216 e. The van der Waals surface area contributed by atoms with E-state index in [4.69, 9.17) is 0 Å². The molecule has 0 bridgehead atoms. The van der Waals surface area contributed by atoms with Gasteiger partial charge in [0.05, 0.1) is 0 Å². The van der Waals surface area contributed by atoms with Gasteiger partial charge in [-0.05, 0) is 11.1 Å². The van der Waals surface area contributed by atoms with Gasteiger partial charge < -0.3 is 10.6 Å². The average molecular weight is 250 g/mol. The summed E-state index contributed by atoms with van der Waals surface area (Å²) in [5, 5.41) is 6.30. The van der Waals surface area contributed by atoms with E-state index in [1.165, 1.54) is 11.1 Å². The molecule has 0 saturated heterocycles. The van der Waals surface area contributed by atoms with Crippen LogP contribution in [0.1, 0.15) is 24.1 Å². The molecule has 0 aromatic heterocycles. The summed E-state index contributed by atoms with van der Waals surface area (Å²) in [6.07, 6.45) is 0. The Kier molecular flexibility index (Phi) is 4.45. The van der Waals surface area contributed by atoms with Crippen LogP contribution in [0, 0.1) is 0 Å². The lowest BCUT2D eigenvalue weighted by atomic mass is 10.0. The van der Waals surface area contributed by atoms with Crippen LogP contribution >= 0.6 is 11.8 Å². The van der Waals surface area contributed by atoms with Gasteiger partial charge in [-0.3, -0.25) is 4.79 Å². The van der Waals surface area contributed by atoms with Crippen molar-refractivity contribution in [2.24, 2.45) is 0 Å². The molecule has 4 heteroatoms. The lowest BCUT2D eigenvalue weighted by molar-refractivity contribution is -0.118. The molecule has 3 nitrogen and oxygen atoms in total. The maximum atomic E-state index is 10.8. The first kappa shape index (κ1) is 12.5. The molecule has 1 aliphatic rings. The molecule has 1 heterocycles. The van der Waals surface area contributed by atoms with Crippen LogP contribution in [0.25, 0.3) is 0 Å². The van der Waals surface area contributed by atoms with Crippen LogP contribution in [0.3, 0.4) is 0 Å². The molecule has 0 spiro atoms. The number of thioether (sulfide) groups is 1. The molecule has 1 aromatic carbocycles. The van der Waals surface area contributed by atoms with Crippen LogP contribution < -0.4 is 10.6 Å². The zero-order valence-corrected chi connectivity index (χ0v) is 10.8. The molecule has 1 unspecified atom stereocenters. The van der Waals surface area contributed by atoms with Gasteiger partial charge in [-0.15, -0.1) is 0 Å². The quantitative estimate of drug-likeness (QED) is 0.799. The monoisotopic (exact) mass is 250 g/mol. The number of amides is 1. The van der Waals surface area contributed by atoms with Crippen molar-refractivity contribution >= 4 is 17.7 Å². The number of carbonyl (C=O) groups excluding carboxylic acids is 1. The third kappa shape index (κ3) is 3.48. The van der Waals surface area contributed by atoms with E-state index in [2.05, 4.69) is 34.9 Å². The summed E-state index contributed by atoms with van der Waals surface area (Å²) >= 11 is 1.96. The van der Waals surface area contributed by atoms with E-state index in [0.717, 1.165) is 18.1 Å². The largest absolute Gasteiger partial charge is 0.355 e. The lowest BCUT2D eigenvalue weighted by Crippen LogP contribution is -2.34. The average Bonchev–Trinajstić information content (AvgIpc) is 2.34.